The number of hydrogen-bond acceptors (Lipinski definition) is 4. The van der Waals surface area contributed by atoms with Gasteiger partial charge in [-0.05, 0) is 23.4 Å². The molecule has 0 bridgehead atoms. The summed E-state index contributed by atoms with van der Waals surface area (Å²) in [7, 11) is 0. The van der Waals surface area contributed by atoms with E-state index >= 15 is 0 Å². The van der Waals surface area contributed by atoms with Gasteiger partial charge in [-0.2, -0.15) is 13.2 Å². The lowest BCUT2D eigenvalue weighted by Crippen LogP contribution is -2.34. The Morgan fingerprint density at radius 3 is 2.91 bits per heavy atom. The number of alkyl halides is 3. The Morgan fingerprint density at radius 1 is 1.48 bits per heavy atom. The largest absolute Gasteiger partial charge is 0.441 e. The number of nitrogens with one attached hydrogen (secondary N) is 1. The Labute approximate surface area is 135 Å². The molecular weight excluding hydrogens is 331 g/mol. The minimum absolute atomic E-state index is 0.0731. The van der Waals surface area contributed by atoms with Crippen LogP contribution in [-0.2, 0) is 16.1 Å². The molecule has 9 heteroatoms. The molecule has 1 aromatic heterocycles. The molecule has 1 unspecified atom stereocenters. The molecule has 5 nitrogen and oxygen atoms in total. The number of hydrogen-bond donors (Lipinski definition) is 1. The predicted molar refractivity (Wildman–Crippen MR) is 79.3 cm³/mol. The van der Waals surface area contributed by atoms with E-state index in [1.54, 1.807) is 23.4 Å². The van der Waals surface area contributed by atoms with Gasteiger partial charge in [-0.3, -0.25) is 14.6 Å². The third-order valence-electron chi connectivity index (χ3n) is 3.35. The second-order valence-electron chi connectivity index (χ2n) is 5.12. The fourth-order valence-electron chi connectivity index (χ4n) is 2.30. The van der Waals surface area contributed by atoms with E-state index in [4.69, 9.17) is 0 Å². The summed E-state index contributed by atoms with van der Waals surface area (Å²) in [6.07, 6.45) is 3.36. The lowest BCUT2D eigenvalue weighted by Gasteiger charge is -2.16. The molecule has 0 aliphatic carbocycles. The molecule has 2 heterocycles. The van der Waals surface area contributed by atoms with Crippen LogP contribution in [0.1, 0.15) is 12.0 Å². The second kappa shape index (κ2) is 7.67. The van der Waals surface area contributed by atoms with Gasteiger partial charge < -0.3 is 10.2 Å². The van der Waals surface area contributed by atoms with Crippen molar-refractivity contribution in [3.05, 3.63) is 30.1 Å². The summed E-state index contributed by atoms with van der Waals surface area (Å²) >= 11 is -0.178. The number of aromatic nitrogens is 1. The molecule has 1 saturated heterocycles. The van der Waals surface area contributed by atoms with E-state index in [1.165, 1.54) is 0 Å². The van der Waals surface area contributed by atoms with Gasteiger partial charge in [0.1, 0.15) is 0 Å². The number of carbonyl (C=O) groups excluding carboxylic acids is 2. The number of thioether (sulfide) groups is 1. The van der Waals surface area contributed by atoms with Crippen molar-refractivity contribution in [3.63, 3.8) is 0 Å². The van der Waals surface area contributed by atoms with Crippen LogP contribution in [0.5, 0.6) is 0 Å². The molecule has 1 N–H and O–H groups in total. The zero-order valence-corrected chi connectivity index (χ0v) is 13.0. The number of likely N-dealkylation sites (tertiary alicyclic amines) is 1. The summed E-state index contributed by atoms with van der Waals surface area (Å²) in [6, 6.07) is 3.60. The maximum absolute atomic E-state index is 12.0. The molecule has 1 aliphatic heterocycles. The van der Waals surface area contributed by atoms with E-state index in [9.17, 15) is 22.8 Å². The van der Waals surface area contributed by atoms with Crippen LogP contribution in [0.3, 0.4) is 0 Å². The fraction of sp³-hybridized carbons (Fsp3) is 0.500. The van der Waals surface area contributed by atoms with Crippen LogP contribution in [-0.4, -0.2) is 46.0 Å². The smallest absolute Gasteiger partial charge is 0.355 e. The summed E-state index contributed by atoms with van der Waals surface area (Å²) in [4.78, 5) is 29.4. The Bertz CT molecular complexity index is 554. The van der Waals surface area contributed by atoms with Gasteiger partial charge in [-0.1, -0.05) is 6.07 Å². The average Bonchev–Trinajstić information content (AvgIpc) is 2.85. The number of halogens is 3. The fourth-order valence-corrected chi connectivity index (χ4v) is 2.73. The third kappa shape index (κ3) is 5.74. The van der Waals surface area contributed by atoms with Crippen molar-refractivity contribution < 1.29 is 22.8 Å². The van der Waals surface area contributed by atoms with E-state index in [1.807, 2.05) is 6.07 Å². The van der Waals surface area contributed by atoms with Crippen LogP contribution in [0.25, 0.3) is 0 Å². The van der Waals surface area contributed by atoms with Gasteiger partial charge in [0.05, 0.1) is 5.92 Å². The maximum atomic E-state index is 12.0. The van der Waals surface area contributed by atoms with Crippen molar-refractivity contribution in [2.45, 2.75) is 18.5 Å². The molecule has 0 saturated carbocycles. The number of pyridine rings is 1. The van der Waals surface area contributed by atoms with Gasteiger partial charge in [0, 0.05) is 44.2 Å². The predicted octanol–water partition coefficient (Wildman–Crippen LogP) is 1.80. The number of carbonyl (C=O) groups is 2. The first-order valence-corrected chi connectivity index (χ1v) is 7.99. The van der Waals surface area contributed by atoms with Crippen molar-refractivity contribution >= 4 is 23.6 Å². The van der Waals surface area contributed by atoms with Crippen LogP contribution in [0, 0.1) is 5.92 Å². The zero-order valence-electron chi connectivity index (χ0n) is 12.2. The van der Waals surface area contributed by atoms with Crippen LogP contribution < -0.4 is 5.32 Å². The van der Waals surface area contributed by atoms with E-state index in [0.717, 1.165) is 5.56 Å². The Balaban J connectivity index is 1.76. The minimum Gasteiger partial charge on any atom is -0.355 e. The summed E-state index contributed by atoms with van der Waals surface area (Å²) in [6.45, 7) is 0.572. The standard InChI is InChI=1S/C14H16F3N3O2S/c15-14(16,17)23-5-4-19-13(22)11-6-12(21)20(9-11)8-10-2-1-3-18-7-10/h1-3,7,11H,4-6,8-9H2,(H,19,22). The molecule has 2 rings (SSSR count). The van der Waals surface area contributed by atoms with Crippen LogP contribution >= 0.6 is 11.8 Å². The molecule has 1 atom stereocenters. The monoisotopic (exact) mass is 347 g/mol. The van der Waals surface area contributed by atoms with Gasteiger partial charge in [0.2, 0.25) is 11.8 Å². The summed E-state index contributed by atoms with van der Waals surface area (Å²) in [5.41, 5.74) is -3.43. The number of amides is 2. The van der Waals surface area contributed by atoms with Crippen molar-refractivity contribution in [1.29, 1.82) is 0 Å². The van der Waals surface area contributed by atoms with Crippen LogP contribution in [0.2, 0.25) is 0 Å². The van der Waals surface area contributed by atoms with E-state index in [2.05, 4.69) is 10.3 Å². The zero-order chi connectivity index (χ0) is 16.9. The second-order valence-corrected chi connectivity index (χ2v) is 6.28. The summed E-state index contributed by atoms with van der Waals surface area (Å²) in [5, 5.41) is 2.45. The first-order chi connectivity index (χ1) is 10.8. The Hall–Kier alpha value is -1.77. The van der Waals surface area contributed by atoms with Gasteiger partial charge in [0.15, 0.2) is 0 Å². The van der Waals surface area contributed by atoms with E-state index < -0.39 is 11.4 Å². The van der Waals surface area contributed by atoms with Gasteiger partial charge in [-0.15, -0.1) is 0 Å². The van der Waals surface area contributed by atoms with Crippen LogP contribution in [0.15, 0.2) is 24.5 Å². The van der Waals surface area contributed by atoms with Gasteiger partial charge in [0.25, 0.3) is 0 Å². The van der Waals surface area contributed by atoms with Crippen molar-refractivity contribution in [2.75, 3.05) is 18.8 Å². The normalized spacial score (nSPS) is 18.3. The Morgan fingerprint density at radius 2 is 2.26 bits per heavy atom. The molecule has 1 fully saturated rings. The average molecular weight is 347 g/mol. The molecule has 1 aromatic rings. The molecular formula is C14H16F3N3O2S. The molecule has 23 heavy (non-hydrogen) atoms. The summed E-state index contributed by atoms with van der Waals surface area (Å²) < 4.78 is 36.0. The van der Waals surface area contributed by atoms with E-state index in [-0.39, 0.29) is 48.8 Å². The first-order valence-electron chi connectivity index (χ1n) is 7.00. The molecule has 0 radical (unpaired) electrons. The lowest BCUT2D eigenvalue weighted by molar-refractivity contribution is -0.129. The summed E-state index contributed by atoms with van der Waals surface area (Å²) in [5.74, 6) is -1.28. The quantitative estimate of drug-likeness (QED) is 0.797. The molecule has 2 amide bonds. The Kier molecular flexibility index (Phi) is 5.86. The lowest BCUT2D eigenvalue weighted by atomic mass is 10.1. The van der Waals surface area contributed by atoms with Crippen LogP contribution in [0.4, 0.5) is 13.2 Å². The van der Waals surface area contributed by atoms with Gasteiger partial charge >= 0.3 is 5.51 Å². The molecule has 0 aromatic carbocycles. The van der Waals surface area contributed by atoms with Gasteiger partial charge in [-0.25, -0.2) is 0 Å². The highest BCUT2D eigenvalue weighted by molar-refractivity contribution is 8.00. The third-order valence-corrected chi connectivity index (χ3v) is 4.08. The highest BCUT2D eigenvalue weighted by Gasteiger charge is 2.34. The highest BCUT2D eigenvalue weighted by atomic mass is 32.2. The molecule has 0 spiro atoms. The minimum atomic E-state index is -4.30. The van der Waals surface area contributed by atoms with Crippen molar-refractivity contribution in [2.24, 2.45) is 5.92 Å². The maximum Gasteiger partial charge on any atom is 0.441 e. The number of rotatable bonds is 6. The first kappa shape index (κ1) is 17.6. The topological polar surface area (TPSA) is 62.3 Å². The number of nitrogens with zero attached hydrogens (tertiary/aromatic N) is 2. The highest BCUT2D eigenvalue weighted by Crippen LogP contribution is 2.29. The molecule has 1 aliphatic rings. The van der Waals surface area contributed by atoms with Crippen molar-refractivity contribution in [1.82, 2.24) is 15.2 Å². The van der Waals surface area contributed by atoms with Crippen molar-refractivity contribution in [3.8, 4) is 0 Å². The SMILES string of the molecule is O=C(NCCSC(F)(F)F)C1CC(=O)N(Cc2cccnc2)C1. The molecule has 126 valence electrons. The van der Waals surface area contributed by atoms with E-state index in [0.29, 0.717) is 6.54 Å².